The van der Waals surface area contributed by atoms with Crippen molar-refractivity contribution in [2.75, 3.05) is 26.2 Å². The molecular weight excluding hydrogens is 322 g/mol. The number of benzene rings is 1. The summed E-state index contributed by atoms with van der Waals surface area (Å²) in [7, 11) is 0. The Morgan fingerprint density at radius 3 is 2.20 bits per heavy atom. The molecule has 140 valence electrons. The lowest BCUT2D eigenvalue weighted by Gasteiger charge is -2.30. The van der Waals surface area contributed by atoms with Gasteiger partial charge in [0.05, 0.1) is 0 Å². The summed E-state index contributed by atoms with van der Waals surface area (Å²) in [5.74, 6) is -1.72. The van der Waals surface area contributed by atoms with Gasteiger partial charge >= 0.3 is 11.9 Å². The zero-order chi connectivity index (χ0) is 19.0. The standard InChI is InChI=1S/C17H27NO.C2H2O4/c1-13-6-5-7-18(12-13)8-9-19-17-15(3)10-14(2)11-16(17)4;3-1(4)2(5)6/h10-11,13H,5-9,12H2,1-4H3;(H,3,4)(H,5,6). The number of carboxylic acid groups (broad SMARTS) is 2. The highest BCUT2D eigenvalue weighted by Gasteiger charge is 2.16. The van der Waals surface area contributed by atoms with Gasteiger partial charge in [0.25, 0.3) is 0 Å². The third-order valence-electron chi connectivity index (χ3n) is 4.18. The summed E-state index contributed by atoms with van der Waals surface area (Å²) in [4.78, 5) is 20.7. The summed E-state index contributed by atoms with van der Waals surface area (Å²) >= 11 is 0. The highest BCUT2D eigenvalue weighted by Crippen LogP contribution is 2.24. The van der Waals surface area contributed by atoms with Crippen molar-refractivity contribution in [2.24, 2.45) is 5.92 Å². The molecule has 1 heterocycles. The number of hydrogen-bond acceptors (Lipinski definition) is 4. The van der Waals surface area contributed by atoms with E-state index >= 15 is 0 Å². The lowest BCUT2D eigenvalue weighted by Crippen LogP contribution is -2.37. The fraction of sp³-hybridized carbons (Fsp3) is 0.579. The van der Waals surface area contributed by atoms with Crippen molar-refractivity contribution in [3.8, 4) is 5.75 Å². The van der Waals surface area contributed by atoms with Gasteiger partial charge in [0.1, 0.15) is 12.4 Å². The van der Waals surface area contributed by atoms with Gasteiger partial charge in [0.15, 0.2) is 0 Å². The first-order chi connectivity index (χ1) is 11.7. The summed E-state index contributed by atoms with van der Waals surface area (Å²) in [6.45, 7) is 13.1. The fourth-order valence-electron chi connectivity index (χ4n) is 3.16. The lowest BCUT2D eigenvalue weighted by molar-refractivity contribution is -0.159. The van der Waals surface area contributed by atoms with Crippen LogP contribution in [0.2, 0.25) is 0 Å². The zero-order valence-corrected chi connectivity index (χ0v) is 15.5. The molecule has 2 N–H and O–H groups in total. The van der Waals surface area contributed by atoms with E-state index in [0.717, 1.165) is 24.8 Å². The molecule has 0 spiro atoms. The molecule has 1 fully saturated rings. The van der Waals surface area contributed by atoms with Crippen LogP contribution in [0, 0.1) is 26.7 Å². The van der Waals surface area contributed by atoms with Crippen molar-refractivity contribution < 1.29 is 24.5 Å². The number of aryl methyl sites for hydroxylation is 3. The van der Waals surface area contributed by atoms with E-state index in [9.17, 15) is 0 Å². The van der Waals surface area contributed by atoms with Gasteiger partial charge in [-0.05, 0) is 57.2 Å². The molecule has 1 unspecified atom stereocenters. The summed E-state index contributed by atoms with van der Waals surface area (Å²) < 4.78 is 6.02. The van der Waals surface area contributed by atoms with Gasteiger partial charge in [-0.25, -0.2) is 9.59 Å². The quantitative estimate of drug-likeness (QED) is 0.811. The Balaban J connectivity index is 0.000000450. The second-order valence-corrected chi connectivity index (χ2v) is 6.73. The first-order valence-electron chi connectivity index (χ1n) is 8.60. The Kier molecular flexibility index (Phi) is 8.41. The predicted octanol–water partition coefficient (Wildman–Crippen LogP) is 2.88. The molecule has 0 saturated carbocycles. The van der Waals surface area contributed by atoms with Crippen LogP contribution in [-0.2, 0) is 9.59 Å². The van der Waals surface area contributed by atoms with Crippen LogP contribution in [0.5, 0.6) is 5.75 Å². The predicted molar refractivity (Wildman–Crippen MR) is 96.3 cm³/mol. The van der Waals surface area contributed by atoms with E-state index in [1.54, 1.807) is 0 Å². The molecule has 2 rings (SSSR count). The topological polar surface area (TPSA) is 87.1 Å². The molecule has 1 aromatic carbocycles. The maximum absolute atomic E-state index is 9.10. The third kappa shape index (κ3) is 7.56. The molecule has 0 radical (unpaired) electrons. The maximum atomic E-state index is 9.10. The number of nitrogens with zero attached hydrogens (tertiary/aromatic N) is 1. The molecule has 0 aliphatic carbocycles. The second kappa shape index (κ2) is 10.0. The van der Waals surface area contributed by atoms with Gasteiger partial charge in [-0.1, -0.05) is 24.6 Å². The van der Waals surface area contributed by atoms with Crippen molar-refractivity contribution in [1.82, 2.24) is 4.90 Å². The van der Waals surface area contributed by atoms with E-state index in [4.69, 9.17) is 24.5 Å². The first-order valence-corrected chi connectivity index (χ1v) is 8.60. The second-order valence-electron chi connectivity index (χ2n) is 6.73. The molecule has 6 nitrogen and oxygen atoms in total. The largest absolute Gasteiger partial charge is 0.492 e. The fourth-order valence-corrected chi connectivity index (χ4v) is 3.16. The van der Waals surface area contributed by atoms with Gasteiger partial charge in [-0.2, -0.15) is 0 Å². The van der Waals surface area contributed by atoms with Crippen molar-refractivity contribution in [1.29, 1.82) is 0 Å². The highest BCUT2D eigenvalue weighted by molar-refractivity contribution is 6.27. The molecular formula is C19H29NO5. The van der Waals surface area contributed by atoms with Gasteiger partial charge in [0.2, 0.25) is 0 Å². The minimum absolute atomic E-state index is 0.803. The number of piperidine rings is 1. The van der Waals surface area contributed by atoms with Crippen LogP contribution < -0.4 is 4.74 Å². The Morgan fingerprint density at radius 1 is 1.16 bits per heavy atom. The van der Waals surface area contributed by atoms with Crippen LogP contribution in [-0.4, -0.2) is 53.3 Å². The van der Waals surface area contributed by atoms with Crippen LogP contribution in [0.3, 0.4) is 0 Å². The van der Waals surface area contributed by atoms with Gasteiger partial charge < -0.3 is 14.9 Å². The maximum Gasteiger partial charge on any atom is 0.414 e. The van der Waals surface area contributed by atoms with Crippen molar-refractivity contribution in [3.05, 3.63) is 28.8 Å². The summed E-state index contributed by atoms with van der Waals surface area (Å²) in [5, 5.41) is 14.8. The molecule has 1 atom stereocenters. The van der Waals surface area contributed by atoms with Crippen LogP contribution in [0.25, 0.3) is 0 Å². The first kappa shape index (κ1) is 21.0. The number of aliphatic carboxylic acids is 2. The van der Waals surface area contributed by atoms with E-state index in [2.05, 4.69) is 44.7 Å². The summed E-state index contributed by atoms with van der Waals surface area (Å²) in [6.07, 6.45) is 2.72. The number of ether oxygens (including phenoxy) is 1. The SMILES string of the molecule is Cc1cc(C)c(OCCN2CCCC(C)C2)c(C)c1.O=C(O)C(=O)O. The van der Waals surface area contributed by atoms with Gasteiger partial charge in [-0.3, -0.25) is 4.90 Å². The Morgan fingerprint density at radius 2 is 1.72 bits per heavy atom. The number of likely N-dealkylation sites (tertiary alicyclic amines) is 1. The molecule has 1 aliphatic heterocycles. The van der Waals surface area contributed by atoms with E-state index in [1.165, 1.54) is 42.6 Å². The van der Waals surface area contributed by atoms with Gasteiger partial charge in [0, 0.05) is 13.1 Å². The molecule has 6 heteroatoms. The number of carboxylic acids is 2. The molecule has 0 amide bonds. The van der Waals surface area contributed by atoms with Gasteiger partial charge in [-0.15, -0.1) is 0 Å². The van der Waals surface area contributed by atoms with Crippen LogP contribution in [0.4, 0.5) is 0 Å². The van der Waals surface area contributed by atoms with E-state index < -0.39 is 11.9 Å². The summed E-state index contributed by atoms with van der Waals surface area (Å²) in [5.41, 5.74) is 3.82. The van der Waals surface area contributed by atoms with Crippen molar-refractivity contribution in [3.63, 3.8) is 0 Å². The molecule has 1 aliphatic rings. The zero-order valence-electron chi connectivity index (χ0n) is 15.5. The van der Waals surface area contributed by atoms with Crippen LogP contribution >= 0.6 is 0 Å². The minimum atomic E-state index is -1.82. The van der Waals surface area contributed by atoms with Crippen molar-refractivity contribution >= 4 is 11.9 Å². The number of rotatable bonds is 4. The highest BCUT2D eigenvalue weighted by atomic mass is 16.5. The number of carbonyl (C=O) groups is 2. The molecule has 25 heavy (non-hydrogen) atoms. The van der Waals surface area contributed by atoms with Crippen LogP contribution in [0.1, 0.15) is 36.5 Å². The van der Waals surface area contributed by atoms with Crippen LogP contribution in [0.15, 0.2) is 12.1 Å². The van der Waals surface area contributed by atoms with Crippen molar-refractivity contribution in [2.45, 2.75) is 40.5 Å². The lowest BCUT2D eigenvalue weighted by atomic mass is 10.0. The average Bonchev–Trinajstić information content (AvgIpc) is 2.50. The smallest absolute Gasteiger partial charge is 0.414 e. The normalized spacial score (nSPS) is 17.4. The minimum Gasteiger partial charge on any atom is -0.492 e. The molecule has 0 bridgehead atoms. The number of hydrogen-bond donors (Lipinski definition) is 2. The monoisotopic (exact) mass is 351 g/mol. The summed E-state index contributed by atoms with van der Waals surface area (Å²) in [6, 6.07) is 4.40. The third-order valence-corrected chi connectivity index (χ3v) is 4.18. The van der Waals surface area contributed by atoms with E-state index in [-0.39, 0.29) is 0 Å². The molecule has 1 aromatic rings. The Hall–Kier alpha value is -2.08. The molecule has 0 aromatic heterocycles. The van der Waals surface area contributed by atoms with E-state index in [0.29, 0.717) is 0 Å². The average molecular weight is 351 g/mol. The Labute approximate surface area is 149 Å². The molecule has 1 saturated heterocycles. The van der Waals surface area contributed by atoms with E-state index in [1.807, 2.05) is 0 Å². The Bertz CT molecular complexity index is 564.